The first-order chi connectivity index (χ1) is 12.6. The number of rotatable bonds is 4. The normalized spacial score (nSPS) is 15.1. The highest BCUT2D eigenvalue weighted by molar-refractivity contribution is 6.02. The summed E-state index contributed by atoms with van der Waals surface area (Å²) in [6, 6.07) is 15.8. The number of carbonyl (C=O) groups excluding carboxylic acids is 1. The van der Waals surface area contributed by atoms with E-state index in [-0.39, 0.29) is 5.91 Å². The summed E-state index contributed by atoms with van der Waals surface area (Å²) in [5.41, 5.74) is 3.78. The average molecular weight is 351 g/mol. The Morgan fingerprint density at radius 3 is 2.38 bits per heavy atom. The van der Waals surface area contributed by atoms with Crippen LogP contribution >= 0.6 is 0 Å². The molecule has 1 aliphatic rings. The highest BCUT2D eigenvalue weighted by Gasteiger charge is 2.22. The lowest BCUT2D eigenvalue weighted by Crippen LogP contribution is -2.48. The van der Waals surface area contributed by atoms with Crippen LogP contribution in [0.25, 0.3) is 0 Å². The highest BCUT2D eigenvalue weighted by atomic mass is 16.5. The van der Waals surface area contributed by atoms with E-state index in [1.54, 1.807) is 14.2 Å². The van der Waals surface area contributed by atoms with Gasteiger partial charge in [0, 0.05) is 56.3 Å². The van der Waals surface area contributed by atoms with Crippen molar-refractivity contribution in [2.75, 3.05) is 45.2 Å². The second kappa shape index (κ2) is 8.04. The van der Waals surface area contributed by atoms with Gasteiger partial charge >= 0.3 is 0 Å². The van der Waals surface area contributed by atoms with Crippen molar-refractivity contribution < 1.29 is 9.53 Å². The molecule has 5 nitrogen and oxygen atoms in total. The predicted molar refractivity (Wildman–Crippen MR) is 106 cm³/mol. The Bertz CT molecular complexity index is 808. The minimum absolute atomic E-state index is 0.0843. The van der Waals surface area contributed by atoms with Gasteiger partial charge in [-0.1, -0.05) is 18.2 Å². The van der Waals surface area contributed by atoms with Gasteiger partial charge in [-0.15, -0.1) is 0 Å². The zero-order valence-corrected chi connectivity index (χ0v) is 15.6. The molecule has 2 aromatic rings. The number of piperazine rings is 1. The van der Waals surface area contributed by atoms with E-state index in [0.29, 0.717) is 13.1 Å². The number of aliphatic imine (C=N–C) groups is 1. The largest absolute Gasteiger partial charge is 0.497 e. The van der Waals surface area contributed by atoms with Crippen LogP contribution in [0.2, 0.25) is 0 Å². The van der Waals surface area contributed by atoms with Crippen molar-refractivity contribution in [1.29, 1.82) is 0 Å². The van der Waals surface area contributed by atoms with Crippen LogP contribution in [0.1, 0.15) is 22.8 Å². The monoisotopic (exact) mass is 351 g/mol. The van der Waals surface area contributed by atoms with Gasteiger partial charge in [-0.3, -0.25) is 9.79 Å². The van der Waals surface area contributed by atoms with Gasteiger partial charge < -0.3 is 14.5 Å². The SMILES string of the molecule is CN=C(C)c1cccc(C(=O)N2CCN(c3cccc(OC)c3)CC2)c1. The number of anilines is 1. The van der Waals surface area contributed by atoms with E-state index in [9.17, 15) is 4.79 Å². The first kappa shape index (κ1) is 18.0. The molecule has 1 aliphatic heterocycles. The van der Waals surface area contributed by atoms with E-state index in [0.717, 1.165) is 41.4 Å². The Morgan fingerprint density at radius 1 is 1.00 bits per heavy atom. The van der Waals surface area contributed by atoms with Gasteiger partial charge in [-0.05, 0) is 36.8 Å². The Morgan fingerprint density at radius 2 is 1.69 bits per heavy atom. The molecule has 0 saturated carbocycles. The van der Waals surface area contributed by atoms with Crippen LogP contribution in [0, 0.1) is 0 Å². The van der Waals surface area contributed by atoms with E-state index in [4.69, 9.17) is 4.74 Å². The first-order valence-corrected chi connectivity index (χ1v) is 8.84. The standard InChI is InChI=1S/C21H25N3O2/c1-16(22-2)17-6-4-7-18(14-17)21(25)24-12-10-23(11-13-24)19-8-5-9-20(15-19)26-3/h4-9,14-15H,10-13H2,1-3H3. The second-order valence-corrected chi connectivity index (χ2v) is 6.37. The predicted octanol–water partition coefficient (Wildman–Crippen LogP) is 3.10. The summed E-state index contributed by atoms with van der Waals surface area (Å²) in [6.45, 7) is 5.00. The number of ether oxygens (including phenoxy) is 1. The molecule has 2 aromatic carbocycles. The Labute approximate surface area is 154 Å². The van der Waals surface area contributed by atoms with E-state index in [1.165, 1.54) is 0 Å². The quantitative estimate of drug-likeness (QED) is 0.795. The summed E-state index contributed by atoms with van der Waals surface area (Å²) in [7, 11) is 3.44. The Kier molecular flexibility index (Phi) is 5.56. The number of amides is 1. The summed E-state index contributed by atoms with van der Waals surface area (Å²) in [5, 5.41) is 0. The summed E-state index contributed by atoms with van der Waals surface area (Å²) in [5.74, 6) is 0.937. The molecule has 0 unspecified atom stereocenters. The number of hydrogen-bond acceptors (Lipinski definition) is 4. The minimum atomic E-state index is 0.0843. The summed E-state index contributed by atoms with van der Waals surface area (Å²) >= 11 is 0. The fourth-order valence-corrected chi connectivity index (χ4v) is 3.16. The third-order valence-electron chi connectivity index (χ3n) is 4.85. The average Bonchev–Trinajstić information content (AvgIpc) is 2.72. The third-order valence-corrected chi connectivity index (χ3v) is 4.85. The molecule has 26 heavy (non-hydrogen) atoms. The van der Waals surface area contributed by atoms with Gasteiger partial charge in [0.1, 0.15) is 5.75 Å². The van der Waals surface area contributed by atoms with Crippen molar-refractivity contribution in [1.82, 2.24) is 4.90 Å². The Hall–Kier alpha value is -2.82. The summed E-state index contributed by atoms with van der Waals surface area (Å²) < 4.78 is 5.30. The van der Waals surface area contributed by atoms with Crippen molar-refractivity contribution in [2.45, 2.75) is 6.92 Å². The van der Waals surface area contributed by atoms with Crippen LogP contribution in [-0.2, 0) is 0 Å². The van der Waals surface area contributed by atoms with Crippen LogP contribution in [0.5, 0.6) is 5.75 Å². The molecule has 1 heterocycles. The number of methoxy groups -OCH3 is 1. The van der Waals surface area contributed by atoms with Gasteiger partial charge in [-0.25, -0.2) is 0 Å². The molecular weight excluding hydrogens is 326 g/mol. The highest BCUT2D eigenvalue weighted by Crippen LogP contribution is 2.22. The lowest BCUT2D eigenvalue weighted by molar-refractivity contribution is 0.0746. The van der Waals surface area contributed by atoms with E-state index < -0.39 is 0 Å². The van der Waals surface area contributed by atoms with Crippen molar-refractivity contribution in [3.8, 4) is 5.75 Å². The second-order valence-electron chi connectivity index (χ2n) is 6.37. The molecule has 0 N–H and O–H groups in total. The molecule has 0 spiro atoms. The molecule has 136 valence electrons. The summed E-state index contributed by atoms with van der Waals surface area (Å²) in [4.78, 5) is 21.3. The molecule has 3 rings (SSSR count). The van der Waals surface area contributed by atoms with Gasteiger partial charge in [-0.2, -0.15) is 0 Å². The fourth-order valence-electron chi connectivity index (χ4n) is 3.16. The van der Waals surface area contributed by atoms with Crippen LogP contribution in [0.4, 0.5) is 5.69 Å². The van der Waals surface area contributed by atoms with Crippen LogP contribution < -0.4 is 9.64 Å². The minimum Gasteiger partial charge on any atom is -0.497 e. The first-order valence-electron chi connectivity index (χ1n) is 8.84. The van der Waals surface area contributed by atoms with Crippen LogP contribution in [0.15, 0.2) is 53.5 Å². The van der Waals surface area contributed by atoms with E-state index in [1.807, 2.05) is 54.3 Å². The molecule has 1 saturated heterocycles. The van der Waals surface area contributed by atoms with E-state index >= 15 is 0 Å². The molecule has 1 fully saturated rings. The zero-order valence-electron chi connectivity index (χ0n) is 15.6. The number of hydrogen-bond donors (Lipinski definition) is 0. The van der Waals surface area contributed by atoms with Gasteiger partial charge in [0.05, 0.1) is 7.11 Å². The molecule has 0 radical (unpaired) electrons. The van der Waals surface area contributed by atoms with Crippen LogP contribution in [-0.4, -0.2) is 56.9 Å². The lowest BCUT2D eigenvalue weighted by Gasteiger charge is -2.36. The van der Waals surface area contributed by atoms with Crippen molar-refractivity contribution >= 4 is 17.3 Å². The summed E-state index contributed by atoms with van der Waals surface area (Å²) in [6.07, 6.45) is 0. The van der Waals surface area contributed by atoms with Crippen molar-refractivity contribution in [3.05, 3.63) is 59.7 Å². The maximum Gasteiger partial charge on any atom is 0.253 e. The maximum atomic E-state index is 12.9. The topological polar surface area (TPSA) is 45.1 Å². The fraction of sp³-hybridized carbons (Fsp3) is 0.333. The Balaban J connectivity index is 1.67. The lowest BCUT2D eigenvalue weighted by atomic mass is 10.1. The molecule has 0 aliphatic carbocycles. The number of benzene rings is 2. The maximum absolute atomic E-state index is 12.9. The third kappa shape index (κ3) is 3.87. The molecule has 0 aromatic heterocycles. The van der Waals surface area contributed by atoms with Gasteiger partial charge in [0.25, 0.3) is 5.91 Å². The van der Waals surface area contributed by atoms with E-state index in [2.05, 4.69) is 16.0 Å². The molecule has 1 amide bonds. The molecule has 5 heteroatoms. The van der Waals surface area contributed by atoms with Gasteiger partial charge in [0.2, 0.25) is 0 Å². The van der Waals surface area contributed by atoms with Crippen molar-refractivity contribution in [2.24, 2.45) is 4.99 Å². The molecule has 0 atom stereocenters. The zero-order chi connectivity index (χ0) is 18.5. The number of carbonyl (C=O) groups is 1. The van der Waals surface area contributed by atoms with Crippen molar-refractivity contribution in [3.63, 3.8) is 0 Å². The molecule has 0 bridgehead atoms. The van der Waals surface area contributed by atoms with Gasteiger partial charge in [0.15, 0.2) is 0 Å². The smallest absolute Gasteiger partial charge is 0.253 e. The molecular formula is C21H25N3O2. The number of nitrogens with zero attached hydrogens (tertiary/aromatic N) is 3. The van der Waals surface area contributed by atoms with Crippen LogP contribution in [0.3, 0.4) is 0 Å².